The van der Waals surface area contributed by atoms with E-state index in [1.165, 1.54) is 19.3 Å². The maximum atomic E-state index is 5.25. The van der Waals surface area contributed by atoms with Crippen LogP contribution in [0.15, 0.2) is 0 Å². The van der Waals surface area contributed by atoms with Crippen LogP contribution in [0.3, 0.4) is 0 Å². The zero-order chi connectivity index (χ0) is 8.53. The number of nitrogens with one attached hydrogen (secondary N) is 1. The lowest BCUT2D eigenvalue weighted by molar-refractivity contribution is 0.141. The van der Waals surface area contributed by atoms with E-state index in [1.807, 2.05) is 14.0 Å². The normalized spacial score (nSPS) is 13.4. The monoisotopic (exact) mass is 159 g/mol. The lowest BCUT2D eigenvalue weighted by Gasteiger charge is -2.12. The van der Waals surface area contributed by atoms with E-state index < -0.39 is 0 Å². The van der Waals surface area contributed by atoms with Crippen molar-refractivity contribution in [2.24, 2.45) is 0 Å². The predicted octanol–water partition coefficient (Wildman–Crippen LogP) is 1.80. The van der Waals surface area contributed by atoms with Crippen LogP contribution in [0.2, 0.25) is 0 Å². The van der Waals surface area contributed by atoms with Crippen LogP contribution < -0.4 is 5.32 Å². The Hall–Kier alpha value is -0.0800. The molecule has 0 aliphatic rings. The van der Waals surface area contributed by atoms with E-state index in [0.29, 0.717) is 6.04 Å². The molecule has 1 unspecified atom stereocenters. The van der Waals surface area contributed by atoms with Gasteiger partial charge in [-0.2, -0.15) is 0 Å². The molecule has 11 heavy (non-hydrogen) atoms. The Morgan fingerprint density at radius 1 is 1.36 bits per heavy atom. The molecule has 0 rings (SSSR count). The molecule has 0 aromatic rings. The van der Waals surface area contributed by atoms with Gasteiger partial charge in [0.05, 0.1) is 0 Å². The highest BCUT2D eigenvalue weighted by Gasteiger charge is 2.00. The van der Waals surface area contributed by atoms with Gasteiger partial charge < -0.3 is 10.1 Å². The topological polar surface area (TPSA) is 21.3 Å². The summed E-state index contributed by atoms with van der Waals surface area (Å²) in [5.41, 5.74) is 0. The Kier molecular flexibility index (Phi) is 7.96. The second-order valence-electron chi connectivity index (χ2n) is 2.73. The van der Waals surface area contributed by atoms with Gasteiger partial charge in [-0.3, -0.25) is 0 Å². The first kappa shape index (κ1) is 10.9. The summed E-state index contributed by atoms with van der Waals surface area (Å²) in [6.45, 7) is 6.00. The fraction of sp³-hybridized carbons (Fsp3) is 1.00. The summed E-state index contributed by atoms with van der Waals surface area (Å²) in [5.74, 6) is 0. The summed E-state index contributed by atoms with van der Waals surface area (Å²) >= 11 is 0. The van der Waals surface area contributed by atoms with Crippen molar-refractivity contribution in [2.75, 3.05) is 20.3 Å². The molecule has 0 spiro atoms. The quantitative estimate of drug-likeness (QED) is 0.572. The molecule has 0 radical (unpaired) electrons. The maximum absolute atomic E-state index is 5.25. The molecule has 0 aliphatic carbocycles. The van der Waals surface area contributed by atoms with E-state index in [0.717, 1.165) is 13.2 Å². The molecule has 2 nitrogen and oxygen atoms in total. The molecule has 0 bridgehead atoms. The Balaban J connectivity index is 3.07. The summed E-state index contributed by atoms with van der Waals surface area (Å²) in [5, 5.41) is 3.27. The molecule has 2 heteroatoms. The molecular formula is C9H21NO. The van der Waals surface area contributed by atoms with Gasteiger partial charge in [0.2, 0.25) is 0 Å². The Labute approximate surface area is 70.3 Å². The van der Waals surface area contributed by atoms with Crippen LogP contribution in [-0.2, 0) is 4.74 Å². The highest BCUT2D eigenvalue weighted by Crippen LogP contribution is 2.00. The van der Waals surface area contributed by atoms with E-state index in [1.54, 1.807) is 0 Å². The van der Waals surface area contributed by atoms with Crippen molar-refractivity contribution in [3.8, 4) is 0 Å². The molecule has 1 atom stereocenters. The van der Waals surface area contributed by atoms with Crippen molar-refractivity contribution in [2.45, 2.75) is 39.2 Å². The lowest BCUT2D eigenvalue weighted by Crippen LogP contribution is -2.24. The summed E-state index contributed by atoms with van der Waals surface area (Å²) in [4.78, 5) is 0. The van der Waals surface area contributed by atoms with Gasteiger partial charge in [0.25, 0.3) is 0 Å². The van der Waals surface area contributed by atoms with Crippen LogP contribution in [0.1, 0.15) is 33.1 Å². The minimum absolute atomic E-state index is 0.676. The maximum Gasteiger partial charge on any atom is 0.0466 e. The third kappa shape index (κ3) is 6.32. The molecule has 1 N–H and O–H groups in total. The first-order valence-electron chi connectivity index (χ1n) is 4.60. The van der Waals surface area contributed by atoms with Crippen molar-refractivity contribution in [1.82, 2.24) is 5.32 Å². The van der Waals surface area contributed by atoms with Crippen molar-refractivity contribution < 1.29 is 4.74 Å². The highest BCUT2D eigenvalue weighted by molar-refractivity contribution is 4.60. The van der Waals surface area contributed by atoms with Gasteiger partial charge in [-0.15, -0.1) is 0 Å². The van der Waals surface area contributed by atoms with Crippen molar-refractivity contribution in [3.63, 3.8) is 0 Å². The second kappa shape index (κ2) is 8.02. The minimum Gasteiger partial charge on any atom is -0.382 e. The van der Waals surface area contributed by atoms with Crippen molar-refractivity contribution >= 4 is 0 Å². The minimum atomic E-state index is 0.676. The van der Waals surface area contributed by atoms with E-state index in [-0.39, 0.29) is 0 Å². The first-order valence-corrected chi connectivity index (χ1v) is 4.60. The Morgan fingerprint density at radius 3 is 2.55 bits per heavy atom. The lowest BCUT2D eigenvalue weighted by atomic mass is 10.1. The van der Waals surface area contributed by atoms with Gasteiger partial charge in [0, 0.05) is 19.3 Å². The third-order valence-corrected chi connectivity index (χ3v) is 1.95. The third-order valence-electron chi connectivity index (χ3n) is 1.95. The zero-order valence-corrected chi connectivity index (χ0v) is 8.02. The first-order chi connectivity index (χ1) is 5.35. The summed E-state index contributed by atoms with van der Waals surface area (Å²) < 4.78 is 5.25. The van der Waals surface area contributed by atoms with Gasteiger partial charge in [0.15, 0.2) is 0 Å². The van der Waals surface area contributed by atoms with E-state index in [4.69, 9.17) is 4.74 Å². The average molecular weight is 159 g/mol. The number of rotatable bonds is 7. The molecule has 0 aromatic carbocycles. The standard InChI is InChI=1S/C9H21NO/c1-4-9(10-3)7-6-8-11-5-2/h9-10H,4-8H2,1-3H3. The molecule has 68 valence electrons. The van der Waals surface area contributed by atoms with Crippen LogP contribution in [-0.4, -0.2) is 26.3 Å². The number of hydrogen-bond acceptors (Lipinski definition) is 2. The van der Waals surface area contributed by atoms with E-state index in [9.17, 15) is 0 Å². The van der Waals surface area contributed by atoms with Gasteiger partial charge in [-0.25, -0.2) is 0 Å². The van der Waals surface area contributed by atoms with E-state index >= 15 is 0 Å². The number of ether oxygens (including phenoxy) is 1. The molecule has 0 aromatic heterocycles. The van der Waals surface area contributed by atoms with Gasteiger partial charge in [-0.05, 0) is 33.2 Å². The average Bonchev–Trinajstić information content (AvgIpc) is 2.05. The van der Waals surface area contributed by atoms with Crippen LogP contribution in [0.25, 0.3) is 0 Å². The van der Waals surface area contributed by atoms with Gasteiger partial charge in [0.1, 0.15) is 0 Å². The predicted molar refractivity (Wildman–Crippen MR) is 48.9 cm³/mol. The van der Waals surface area contributed by atoms with Crippen LogP contribution >= 0.6 is 0 Å². The smallest absolute Gasteiger partial charge is 0.0466 e. The molecule has 0 saturated carbocycles. The van der Waals surface area contributed by atoms with Crippen LogP contribution in [0, 0.1) is 0 Å². The fourth-order valence-corrected chi connectivity index (χ4v) is 1.13. The van der Waals surface area contributed by atoms with E-state index in [2.05, 4.69) is 12.2 Å². The van der Waals surface area contributed by atoms with Crippen molar-refractivity contribution in [1.29, 1.82) is 0 Å². The molecule has 0 fully saturated rings. The Morgan fingerprint density at radius 2 is 2.09 bits per heavy atom. The Bertz CT molecular complexity index is 72.0. The van der Waals surface area contributed by atoms with Crippen LogP contribution in [0.5, 0.6) is 0 Å². The molecule has 0 aliphatic heterocycles. The molecule has 0 heterocycles. The van der Waals surface area contributed by atoms with Crippen molar-refractivity contribution in [3.05, 3.63) is 0 Å². The van der Waals surface area contributed by atoms with Gasteiger partial charge in [-0.1, -0.05) is 6.92 Å². The summed E-state index contributed by atoms with van der Waals surface area (Å²) in [7, 11) is 2.02. The van der Waals surface area contributed by atoms with Crippen LogP contribution in [0.4, 0.5) is 0 Å². The highest BCUT2D eigenvalue weighted by atomic mass is 16.5. The SMILES string of the molecule is CCOCCCC(CC)NC. The fourth-order valence-electron chi connectivity index (χ4n) is 1.13. The summed E-state index contributed by atoms with van der Waals surface area (Å²) in [6, 6.07) is 0.676. The van der Waals surface area contributed by atoms with Gasteiger partial charge >= 0.3 is 0 Å². The summed E-state index contributed by atoms with van der Waals surface area (Å²) in [6.07, 6.45) is 3.61. The molecular weight excluding hydrogens is 138 g/mol. The largest absolute Gasteiger partial charge is 0.382 e. The second-order valence-corrected chi connectivity index (χ2v) is 2.73. The molecule has 0 amide bonds. The zero-order valence-electron chi connectivity index (χ0n) is 8.02. The number of hydrogen-bond donors (Lipinski definition) is 1. The molecule has 0 saturated heterocycles.